The van der Waals surface area contributed by atoms with Crippen LogP contribution in [-0.2, 0) is 13.0 Å². The van der Waals surface area contributed by atoms with Gasteiger partial charge in [0.2, 0.25) is 0 Å². The Labute approximate surface area is 105 Å². The minimum atomic E-state index is -0.358. The van der Waals surface area contributed by atoms with Crippen LogP contribution in [0.15, 0.2) is 46.1 Å². The lowest BCUT2D eigenvalue weighted by molar-refractivity contribution is 0.680. The first-order chi connectivity index (χ1) is 8.72. The molecule has 2 rings (SSSR count). The molecule has 0 aliphatic rings. The van der Waals surface area contributed by atoms with E-state index in [1.807, 2.05) is 37.3 Å². The van der Waals surface area contributed by atoms with Crippen molar-refractivity contribution < 1.29 is 0 Å². The highest BCUT2D eigenvalue weighted by molar-refractivity contribution is 5.16. The van der Waals surface area contributed by atoms with E-state index in [2.05, 4.69) is 4.98 Å². The van der Waals surface area contributed by atoms with Gasteiger partial charge in [0.25, 0.3) is 5.56 Å². The molecule has 0 fully saturated rings. The Bertz CT molecular complexity index is 626. The number of benzene rings is 1. The first-order valence-corrected chi connectivity index (χ1v) is 6.07. The van der Waals surface area contributed by atoms with E-state index >= 15 is 0 Å². The minimum Gasteiger partial charge on any atom is -0.314 e. The van der Waals surface area contributed by atoms with Crippen molar-refractivity contribution >= 4 is 0 Å². The van der Waals surface area contributed by atoms with Crippen LogP contribution in [0.4, 0.5) is 0 Å². The van der Waals surface area contributed by atoms with Gasteiger partial charge in [-0.25, -0.2) is 4.79 Å². The topological polar surface area (TPSA) is 54.9 Å². The molecule has 2 aromatic rings. The summed E-state index contributed by atoms with van der Waals surface area (Å²) < 4.78 is 1.25. The summed E-state index contributed by atoms with van der Waals surface area (Å²) in [4.78, 5) is 26.5. The fourth-order valence-corrected chi connectivity index (χ4v) is 1.91. The maximum atomic E-state index is 12.1. The van der Waals surface area contributed by atoms with Gasteiger partial charge in [0.15, 0.2) is 0 Å². The summed E-state index contributed by atoms with van der Waals surface area (Å²) in [5.41, 5.74) is 1.06. The van der Waals surface area contributed by atoms with Crippen LogP contribution in [0.1, 0.15) is 24.5 Å². The normalized spacial score (nSPS) is 10.5. The van der Waals surface area contributed by atoms with Gasteiger partial charge >= 0.3 is 5.69 Å². The number of aromatic amines is 1. The second kappa shape index (κ2) is 5.49. The summed E-state index contributed by atoms with van der Waals surface area (Å²) in [6.45, 7) is 2.32. The molecule has 1 N–H and O–H groups in total. The summed E-state index contributed by atoms with van der Waals surface area (Å²) >= 11 is 0. The minimum absolute atomic E-state index is 0.190. The highest BCUT2D eigenvalue weighted by Gasteiger charge is 2.06. The quantitative estimate of drug-likeness (QED) is 0.887. The molecule has 0 unspecified atom stereocenters. The third kappa shape index (κ3) is 2.59. The average molecular weight is 244 g/mol. The summed E-state index contributed by atoms with van der Waals surface area (Å²) in [7, 11) is 0. The third-order valence-corrected chi connectivity index (χ3v) is 2.84. The molecule has 0 aliphatic carbocycles. The van der Waals surface area contributed by atoms with Crippen LogP contribution in [0, 0.1) is 0 Å². The molecule has 94 valence electrons. The van der Waals surface area contributed by atoms with E-state index in [4.69, 9.17) is 0 Å². The molecule has 0 amide bonds. The zero-order valence-electron chi connectivity index (χ0n) is 10.3. The molecule has 0 aliphatic heterocycles. The number of nitrogens with one attached hydrogen (secondary N) is 1. The van der Waals surface area contributed by atoms with Crippen LogP contribution in [0.2, 0.25) is 0 Å². The number of rotatable bonds is 4. The molecule has 0 atom stereocenters. The first kappa shape index (κ1) is 12.4. The van der Waals surface area contributed by atoms with E-state index < -0.39 is 0 Å². The van der Waals surface area contributed by atoms with Gasteiger partial charge in [-0.05, 0) is 12.0 Å². The number of nitrogens with zero attached hydrogens (tertiary/aromatic N) is 1. The predicted octanol–water partition coefficient (Wildman–Crippen LogP) is 1.54. The van der Waals surface area contributed by atoms with Crippen molar-refractivity contribution in [3.63, 3.8) is 0 Å². The second-order valence-electron chi connectivity index (χ2n) is 4.25. The lowest BCUT2D eigenvalue weighted by Gasteiger charge is -2.06. The Hall–Kier alpha value is -2.10. The molecule has 0 spiro atoms. The largest absolute Gasteiger partial charge is 0.328 e. The first-order valence-electron chi connectivity index (χ1n) is 6.07. The maximum Gasteiger partial charge on any atom is 0.328 e. The Balaban J connectivity index is 2.41. The monoisotopic (exact) mass is 244 g/mol. The van der Waals surface area contributed by atoms with Crippen molar-refractivity contribution in [1.82, 2.24) is 9.55 Å². The van der Waals surface area contributed by atoms with Crippen molar-refractivity contribution in [1.29, 1.82) is 0 Å². The standard InChI is InChI=1S/C14H16N2O2/c1-2-6-12-9-15-14(18)16(13(12)17)10-11-7-4-3-5-8-11/h3-5,7-9H,2,6,10H2,1H3,(H,15,18). The lowest BCUT2D eigenvalue weighted by Crippen LogP contribution is -2.37. The Morgan fingerprint density at radius 3 is 2.56 bits per heavy atom. The van der Waals surface area contributed by atoms with Gasteiger partial charge in [0, 0.05) is 11.8 Å². The number of aromatic nitrogens is 2. The van der Waals surface area contributed by atoms with Gasteiger partial charge < -0.3 is 4.98 Å². The van der Waals surface area contributed by atoms with Crippen molar-refractivity contribution in [2.24, 2.45) is 0 Å². The SMILES string of the molecule is CCCc1c[nH]c(=O)n(Cc2ccccc2)c1=O. The molecule has 4 heteroatoms. The van der Waals surface area contributed by atoms with E-state index in [1.165, 1.54) is 10.8 Å². The Morgan fingerprint density at radius 2 is 1.89 bits per heavy atom. The highest BCUT2D eigenvalue weighted by Crippen LogP contribution is 1.99. The fraction of sp³-hybridized carbons (Fsp3) is 0.286. The summed E-state index contributed by atoms with van der Waals surface area (Å²) in [6.07, 6.45) is 3.09. The molecule has 18 heavy (non-hydrogen) atoms. The molecule has 1 heterocycles. The molecule has 1 aromatic carbocycles. The van der Waals surface area contributed by atoms with Gasteiger partial charge in [-0.3, -0.25) is 9.36 Å². The molecule has 0 bridgehead atoms. The van der Waals surface area contributed by atoms with E-state index in [9.17, 15) is 9.59 Å². The number of aryl methyl sites for hydroxylation is 1. The second-order valence-corrected chi connectivity index (χ2v) is 4.25. The Kier molecular flexibility index (Phi) is 3.77. The molecule has 4 nitrogen and oxygen atoms in total. The van der Waals surface area contributed by atoms with Crippen LogP contribution < -0.4 is 11.2 Å². The zero-order valence-corrected chi connectivity index (χ0v) is 10.3. The summed E-state index contributed by atoms with van der Waals surface area (Å²) in [6, 6.07) is 9.50. The van der Waals surface area contributed by atoms with Crippen LogP contribution in [-0.4, -0.2) is 9.55 Å². The van der Waals surface area contributed by atoms with E-state index in [0.29, 0.717) is 18.5 Å². The van der Waals surface area contributed by atoms with Crippen LogP contribution in [0.5, 0.6) is 0 Å². The number of hydrogen-bond acceptors (Lipinski definition) is 2. The average Bonchev–Trinajstić information content (AvgIpc) is 2.39. The highest BCUT2D eigenvalue weighted by atomic mass is 16.2. The van der Waals surface area contributed by atoms with Gasteiger partial charge in [-0.1, -0.05) is 43.7 Å². The molecular weight excluding hydrogens is 228 g/mol. The number of hydrogen-bond donors (Lipinski definition) is 1. The van der Waals surface area contributed by atoms with Crippen LogP contribution in [0.25, 0.3) is 0 Å². The zero-order chi connectivity index (χ0) is 13.0. The van der Waals surface area contributed by atoms with Gasteiger partial charge in [-0.2, -0.15) is 0 Å². The van der Waals surface area contributed by atoms with E-state index in [-0.39, 0.29) is 11.2 Å². The van der Waals surface area contributed by atoms with Crippen molar-refractivity contribution in [2.75, 3.05) is 0 Å². The third-order valence-electron chi connectivity index (χ3n) is 2.84. The van der Waals surface area contributed by atoms with Crippen LogP contribution >= 0.6 is 0 Å². The molecule has 0 saturated heterocycles. The molecular formula is C14H16N2O2. The Morgan fingerprint density at radius 1 is 1.17 bits per heavy atom. The predicted molar refractivity (Wildman–Crippen MR) is 70.9 cm³/mol. The summed E-state index contributed by atoms with van der Waals surface area (Å²) in [5, 5.41) is 0. The van der Waals surface area contributed by atoms with E-state index in [1.54, 1.807) is 0 Å². The smallest absolute Gasteiger partial charge is 0.314 e. The van der Waals surface area contributed by atoms with Gasteiger partial charge in [-0.15, -0.1) is 0 Å². The van der Waals surface area contributed by atoms with Crippen molar-refractivity contribution in [3.05, 3.63) is 68.5 Å². The van der Waals surface area contributed by atoms with Gasteiger partial charge in [0.1, 0.15) is 0 Å². The molecule has 1 aromatic heterocycles. The van der Waals surface area contributed by atoms with Crippen LogP contribution in [0.3, 0.4) is 0 Å². The fourth-order valence-electron chi connectivity index (χ4n) is 1.91. The van der Waals surface area contributed by atoms with E-state index in [0.717, 1.165) is 12.0 Å². The van der Waals surface area contributed by atoms with Crippen molar-refractivity contribution in [2.45, 2.75) is 26.3 Å². The number of H-pyrrole nitrogens is 1. The summed E-state index contributed by atoms with van der Waals surface area (Å²) in [5.74, 6) is 0. The van der Waals surface area contributed by atoms with Gasteiger partial charge in [0.05, 0.1) is 6.54 Å². The lowest BCUT2D eigenvalue weighted by atomic mass is 10.2. The maximum absolute atomic E-state index is 12.1. The molecule has 0 radical (unpaired) electrons. The molecule has 0 saturated carbocycles. The van der Waals surface area contributed by atoms with Crippen molar-refractivity contribution in [3.8, 4) is 0 Å².